The number of rotatable bonds is 4. The van der Waals surface area contributed by atoms with Crippen molar-refractivity contribution in [1.29, 1.82) is 0 Å². The van der Waals surface area contributed by atoms with Crippen LogP contribution in [0.25, 0.3) is 0 Å². The molecule has 0 aliphatic carbocycles. The molecule has 0 aliphatic heterocycles. The molecule has 0 radical (unpaired) electrons. The Balaban J connectivity index is 2.12. The van der Waals surface area contributed by atoms with Crippen LogP contribution in [0.5, 0.6) is 11.6 Å². The van der Waals surface area contributed by atoms with Gasteiger partial charge in [-0.3, -0.25) is 4.98 Å². The fraction of sp³-hybridized carbons (Fsp3) is 0.333. The summed E-state index contributed by atoms with van der Waals surface area (Å²) in [4.78, 5) is 8.20. The number of ether oxygens (including phenoxy) is 1. The topological polar surface area (TPSA) is 47.0 Å². The van der Waals surface area contributed by atoms with Crippen LogP contribution in [0, 0.1) is 11.6 Å². The molecular weight excluding hydrogens is 276 g/mol. The molecular formula is C15H17F2N3O. The Labute approximate surface area is 122 Å². The largest absolute Gasteiger partial charge is 0.434 e. The van der Waals surface area contributed by atoms with Gasteiger partial charge in [0.05, 0.1) is 11.9 Å². The van der Waals surface area contributed by atoms with E-state index < -0.39 is 11.6 Å². The van der Waals surface area contributed by atoms with Crippen LogP contribution in [0.3, 0.4) is 0 Å². The van der Waals surface area contributed by atoms with Gasteiger partial charge in [-0.05, 0) is 32.9 Å². The van der Waals surface area contributed by atoms with Crippen molar-refractivity contribution in [2.45, 2.75) is 32.9 Å². The molecule has 0 saturated heterocycles. The summed E-state index contributed by atoms with van der Waals surface area (Å²) in [5, 5.41) is 3.26. The second-order valence-corrected chi connectivity index (χ2v) is 5.63. The lowest BCUT2D eigenvalue weighted by Crippen LogP contribution is -2.35. The standard InChI is InChI=1S/C15H17F2N3O/c1-15(2,3)19-8-11-7-18-9-14(20-11)21-13-6-10(16)4-5-12(13)17/h4-7,9,19H,8H2,1-3H3. The van der Waals surface area contributed by atoms with E-state index in [0.717, 1.165) is 18.2 Å². The summed E-state index contributed by atoms with van der Waals surface area (Å²) in [6.07, 6.45) is 2.94. The quantitative estimate of drug-likeness (QED) is 0.938. The molecule has 1 heterocycles. The van der Waals surface area contributed by atoms with Gasteiger partial charge in [0.25, 0.3) is 0 Å². The molecule has 4 nitrogen and oxygen atoms in total. The average molecular weight is 293 g/mol. The van der Waals surface area contributed by atoms with Gasteiger partial charge in [-0.1, -0.05) is 0 Å². The van der Waals surface area contributed by atoms with E-state index in [2.05, 4.69) is 15.3 Å². The molecule has 6 heteroatoms. The predicted octanol–water partition coefficient (Wildman–Crippen LogP) is 3.44. The van der Waals surface area contributed by atoms with Crippen molar-refractivity contribution in [2.75, 3.05) is 0 Å². The maximum absolute atomic E-state index is 13.5. The van der Waals surface area contributed by atoms with Crippen molar-refractivity contribution in [3.63, 3.8) is 0 Å². The minimum atomic E-state index is -0.656. The van der Waals surface area contributed by atoms with E-state index in [4.69, 9.17) is 4.74 Å². The van der Waals surface area contributed by atoms with Crippen LogP contribution in [-0.2, 0) is 6.54 Å². The van der Waals surface area contributed by atoms with E-state index in [9.17, 15) is 8.78 Å². The predicted molar refractivity (Wildman–Crippen MR) is 75.1 cm³/mol. The molecule has 2 aromatic rings. The third-order valence-corrected chi connectivity index (χ3v) is 2.57. The zero-order valence-corrected chi connectivity index (χ0v) is 12.2. The molecule has 0 amide bonds. The second-order valence-electron chi connectivity index (χ2n) is 5.63. The molecule has 0 saturated carbocycles. The third-order valence-electron chi connectivity index (χ3n) is 2.57. The monoisotopic (exact) mass is 293 g/mol. The minimum absolute atomic E-state index is 0.0623. The first kappa shape index (κ1) is 15.3. The van der Waals surface area contributed by atoms with Crippen molar-refractivity contribution in [1.82, 2.24) is 15.3 Å². The fourth-order valence-electron chi connectivity index (χ4n) is 1.54. The molecule has 2 rings (SSSR count). The summed E-state index contributed by atoms with van der Waals surface area (Å²) in [5.74, 6) is -1.33. The van der Waals surface area contributed by atoms with E-state index in [-0.39, 0.29) is 17.2 Å². The van der Waals surface area contributed by atoms with Gasteiger partial charge in [0.15, 0.2) is 11.6 Å². The summed E-state index contributed by atoms with van der Waals surface area (Å²) in [6, 6.07) is 3.00. The maximum Gasteiger partial charge on any atom is 0.238 e. The summed E-state index contributed by atoms with van der Waals surface area (Å²) in [6.45, 7) is 6.59. The first-order chi connectivity index (χ1) is 9.83. The maximum atomic E-state index is 13.5. The zero-order chi connectivity index (χ0) is 15.5. The van der Waals surface area contributed by atoms with Crippen LogP contribution < -0.4 is 10.1 Å². The smallest absolute Gasteiger partial charge is 0.238 e. The normalized spacial score (nSPS) is 11.5. The molecule has 1 aromatic carbocycles. The van der Waals surface area contributed by atoms with Gasteiger partial charge in [0.2, 0.25) is 5.88 Å². The van der Waals surface area contributed by atoms with Gasteiger partial charge in [-0.15, -0.1) is 0 Å². The molecule has 0 bridgehead atoms. The third kappa shape index (κ3) is 4.75. The number of benzene rings is 1. The molecule has 112 valence electrons. The number of hydrogen-bond donors (Lipinski definition) is 1. The van der Waals surface area contributed by atoms with Crippen LogP contribution in [0.15, 0.2) is 30.6 Å². The van der Waals surface area contributed by atoms with Crippen molar-refractivity contribution in [2.24, 2.45) is 0 Å². The Bertz CT molecular complexity index is 627. The Kier molecular flexibility index (Phi) is 4.47. The van der Waals surface area contributed by atoms with Gasteiger partial charge in [0, 0.05) is 24.3 Å². The molecule has 0 atom stereocenters. The first-order valence-electron chi connectivity index (χ1n) is 6.52. The van der Waals surface area contributed by atoms with Crippen LogP contribution >= 0.6 is 0 Å². The molecule has 0 fully saturated rings. The van der Waals surface area contributed by atoms with Crippen LogP contribution in [0.1, 0.15) is 26.5 Å². The van der Waals surface area contributed by atoms with Crippen LogP contribution in [0.4, 0.5) is 8.78 Å². The molecule has 0 spiro atoms. The first-order valence-corrected chi connectivity index (χ1v) is 6.52. The average Bonchev–Trinajstić information content (AvgIpc) is 2.40. The number of hydrogen-bond acceptors (Lipinski definition) is 4. The van der Waals surface area contributed by atoms with Gasteiger partial charge in [-0.25, -0.2) is 13.8 Å². The molecule has 1 N–H and O–H groups in total. The summed E-state index contributed by atoms with van der Waals surface area (Å²) < 4.78 is 31.8. The van der Waals surface area contributed by atoms with Crippen LogP contribution in [-0.4, -0.2) is 15.5 Å². The Morgan fingerprint density at radius 3 is 2.67 bits per heavy atom. The molecule has 0 unspecified atom stereocenters. The highest BCUT2D eigenvalue weighted by atomic mass is 19.1. The molecule has 21 heavy (non-hydrogen) atoms. The lowest BCUT2D eigenvalue weighted by molar-refractivity contribution is 0.405. The van der Waals surface area contributed by atoms with E-state index in [1.807, 2.05) is 20.8 Å². The number of nitrogens with zero attached hydrogens (tertiary/aromatic N) is 2. The zero-order valence-electron chi connectivity index (χ0n) is 12.2. The van der Waals surface area contributed by atoms with Crippen molar-refractivity contribution in [3.8, 4) is 11.6 Å². The number of aromatic nitrogens is 2. The van der Waals surface area contributed by atoms with Gasteiger partial charge < -0.3 is 10.1 Å². The molecule has 1 aromatic heterocycles. The van der Waals surface area contributed by atoms with Crippen molar-refractivity contribution < 1.29 is 13.5 Å². The highest BCUT2D eigenvalue weighted by molar-refractivity contribution is 5.28. The highest BCUT2D eigenvalue weighted by Crippen LogP contribution is 2.23. The molecule has 0 aliphatic rings. The van der Waals surface area contributed by atoms with E-state index >= 15 is 0 Å². The van der Waals surface area contributed by atoms with E-state index in [0.29, 0.717) is 12.2 Å². The lowest BCUT2D eigenvalue weighted by atomic mass is 10.1. The highest BCUT2D eigenvalue weighted by Gasteiger charge is 2.11. The Morgan fingerprint density at radius 1 is 1.19 bits per heavy atom. The lowest BCUT2D eigenvalue weighted by Gasteiger charge is -2.20. The summed E-state index contributed by atoms with van der Waals surface area (Å²) in [5.41, 5.74) is 0.590. The van der Waals surface area contributed by atoms with Gasteiger partial charge >= 0.3 is 0 Å². The fourth-order valence-corrected chi connectivity index (χ4v) is 1.54. The summed E-state index contributed by atoms with van der Waals surface area (Å²) in [7, 11) is 0. The van der Waals surface area contributed by atoms with Gasteiger partial charge in [-0.2, -0.15) is 0 Å². The summed E-state index contributed by atoms with van der Waals surface area (Å²) >= 11 is 0. The van der Waals surface area contributed by atoms with E-state index in [1.54, 1.807) is 6.20 Å². The Morgan fingerprint density at radius 2 is 1.95 bits per heavy atom. The SMILES string of the molecule is CC(C)(C)NCc1cncc(Oc2cc(F)ccc2F)n1. The van der Waals surface area contributed by atoms with Gasteiger partial charge in [0.1, 0.15) is 5.82 Å². The van der Waals surface area contributed by atoms with Crippen molar-refractivity contribution >= 4 is 0 Å². The van der Waals surface area contributed by atoms with E-state index in [1.165, 1.54) is 6.20 Å². The van der Waals surface area contributed by atoms with Crippen molar-refractivity contribution in [3.05, 3.63) is 47.9 Å². The number of halogens is 2. The minimum Gasteiger partial charge on any atom is -0.434 e. The Hall–Kier alpha value is -2.08. The second kappa shape index (κ2) is 6.13. The van der Waals surface area contributed by atoms with Crippen LogP contribution in [0.2, 0.25) is 0 Å². The number of nitrogens with one attached hydrogen (secondary N) is 1.